The molecule has 1 aromatic carbocycles. The Bertz CT molecular complexity index is 592. The maximum Gasteiger partial charge on any atom is 0.186 e. The minimum absolute atomic E-state index is 0.0384. The van der Waals surface area contributed by atoms with E-state index in [1.165, 1.54) is 23.5 Å². The molecule has 0 aliphatic carbocycles. The quantitative estimate of drug-likeness (QED) is 0.803. The smallest absolute Gasteiger partial charge is 0.186 e. The molecular formula is C14H15FN2OS. The molecule has 0 saturated heterocycles. The average molecular weight is 278 g/mol. The van der Waals surface area contributed by atoms with Gasteiger partial charge >= 0.3 is 0 Å². The van der Waals surface area contributed by atoms with Crippen molar-refractivity contribution in [3.8, 4) is 0 Å². The maximum absolute atomic E-state index is 12.8. The van der Waals surface area contributed by atoms with Crippen LogP contribution in [0, 0.1) is 12.7 Å². The highest BCUT2D eigenvalue weighted by Crippen LogP contribution is 2.26. The van der Waals surface area contributed by atoms with E-state index < -0.39 is 0 Å². The molecule has 1 aromatic heterocycles. The summed E-state index contributed by atoms with van der Waals surface area (Å²) in [5.74, 6) is -0.202. The first-order valence-electron chi connectivity index (χ1n) is 5.91. The fraction of sp³-hybridized carbons (Fsp3) is 0.286. The molecule has 0 amide bonds. The fourth-order valence-corrected chi connectivity index (χ4v) is 2.73. The number of carbonyl (C=O) groups excluding carboxylic acids is 1. The van der Waals surface area contributed by atoms with E-state index in [0.717, 1.165) is 16.4 Å². The van der Waals surface area contributed by atoms with Crippen LogP contribution in [0.3, 0.4) is 0 Å². The number of rotatable bonds is 4. The Balaban J connectivity index is 2.15. The van der Waals surface area contributed by atoms with Gasteiger partial charge in [-0.05, 0) is 24.6 Å². The monoisotopic (exact) mass is 278 g/mol. The molecule has 3 nitrogen and oxygen atoms in total. The van der Waals surface area contributed by atoms with E-state index in [-0.39, 0.29) is 11.6 Å². The molecule has 0 fully saturated rings. The van der Waals surface area contributed by atoms with E-state index in [9.17, 15) is 9.18 Å². The number of anilines is 1. The normalized spacial score (nSPS) is 10.5. The number of carbonyl (C=O) groups is 1. The summed E-state index contributed by atoms with van der Waals surface area (Å²) < 4.78 is 12.8. The number of halogens is 1. The highest BCUT2D eigenvalue weighted by atomic mass is 32.1. The molecule has 0 radical (unpaired) electrons. The first-order valence-corrected chi connectivity index (χ1v) is 6.73. The molecule has 0 bridgehead atoms. The summed E-state index contributed by atoms with van der Waals surface area (Å²) in [6, 6.07) is 6.38. The number of thiazole rings is 1. The van der Waals surface area contributed by atoms with Gasteiger partial charge in [0.1, 0.15) is 5.82 Å². The maximum atomic E-state index is 12.8. The SMILES string of the molecule is CC(=O)c1sc(N(C)Cc2ccc(F)cc2)nc1C. The summed E-state index contributed by atoms with van der Waals surface area (Å²) in [5.41, 5.74) is 1.76. The Morgan fingerprint density at radius 3 is 2.53 bits per heavy atom. The molecule has 0 unspecified atom stereocenters. The summed E-state index contributed by atoms with van der Waals surface area (Å²) >= 11 is 1.39. The number of ketones is 1. The van der Waals surface area contributed by atoms with Crippen molar-refractivity contribution in [1.82, 2.24) is 4.98 Å². The number of hydrogen-bond donors (Lipinski definition) is 0. The van der Waals surface area contributed by atoms with Crippen molar-refractivity contribution in [2.24, 2.45) is 0 Å². The van der Waals surface area contributed by atoms with Crippen molar-refractivity contribution in [2.75, 3.05) is 11.9 Å². The lowest BCUT2D eigenvalue weighted by Gasteiger charge is -2.15. The second-order valence-corrected chi connectivity index (χ2v) is 5.43. The van der Waals surface area contributed by atoms with Gasteiger partial charge in [-0.1, -0.05) is 23.5 Å². The average Bonchev–Trinajstić information content (AvgIpc) is 2.74. The summed E-state index contributed by atoms with van der Waals surface area (Å²) in [7, 11) is 1.91. The van der Waals surface area contributed by atoms with Gasteiger partial charge in [-0.25, -0.2) is 9.37 Å². The zero-order valence-corrected chi connectivity index (χ0v) is 11.9. The Kier molecular flexibility index (Phi) is 3.95. The number of aromatic nitrogens is 1. The van der Waals surface area contributed by atoms with Gasteiger partial charge in [-0.3, -0.25) is 4.79 Å². The van der Waals surface area contributed by atoms with E-state index in [2.05, 4.69) is 4.98 Å². The summed E-state index contributed by atoms with van der Waals surface area (Å²) in [4.78, 5) is 18.5. The molecule has 0 spiro atoms. The summed E-state index contributed by atoms with van der Waals surface area (Å²) in [6.07, 6.45) is 0. The van der Waals surface area contributed by atoms with Gasteiger partial charge in [0, 0.05) is 20.5 Å². The number of Topliss-reactive ketones (excluding diaryl/α,β-unsaturated/α-hetero) is 1. The van der Waals surface area contributed by atoms with Crippen molar-refractivity contribution in [3.05, 3.63) is 46.2 Å². The minimum Gasteiger partial charge on any atom is -0.347 e. The fourth-order valence-electron chi connectivity index (χ4n) is 1.80. The van der Waals surface area contributed by atoms with E-state index in [1.54, 1.807) is 19.1 Å². The molecule has 0 aliphatic heterocycles. The molecule has 5 heteroatoms. The molecule has 100 valence electrons. The number of hydrogen-bond acceptors (Lipinski definition) is 4. The Labute approximate surface area is 115 Å². The minimum atomic E-state index is -0.240. The van der Waals surface area contributed by atoms with Gasteiger partial charge in [-0.2, -0.15) is 0 Å². The zero-order chi connectivity index (χ0) is 14.0. The molecular weight excluding hydrogens is 263 g/mol. The third kappa shape index (κ3) is 3.17. The standard InChI is InChI=1S/C14H15FN2OS/c1-9-13(10(2)18)19-14(16-9)17(3)8-11-4-6-12(15)7-5-11/h4-7H,8H2,1-3H3. The summed E-state index contributed by atoms with van der Waals surface area (Å²) in [5, 5.41) is 0.798. The van der Waals surface area contributed by atoms with Crippen molar-refractivity contribution in [3.63, 3.8) is 0 Å². The first kappa shape index (κ1) is 13.7. The third-order valence-electron chi connectivity index (χ3n) is 2.76. The van der Waals surface area contributed by atoms with E-state index in [0.29, 0.717) is 11.4 Å². The van der Waals surface area contributed by atoms with Gasteiger partial charge in [0.05, 0.1) is 10.6 Å². The Morgan fingerprint density at radius 2 is 2.00 bits per heavy atom. The molecule has 0 aliphatic rings. The predicted octanol–water partition coefficient (Wildman–Crippen LogP) is 3.43. The second kappa shape index (κ2) is 5.48. The van der Waals surface area contributed by atoms with Crippen molar-refractivity contribution in [2.45, 2.75) is 20.4 Å². The first-order chi connectivity index (χ1) is 8.97. The molecule has 0 saturated carbocycles. The molecule has 2 rings (SSSR count). The van der Waals surface area contributed by atoms with Crippen LogP contribution in [-0.4, -0.2) is 17.8 Å². The van der Waals surface area contributed by atoms with Gasteiger partial charge in [0.15, 0.2) is 10.9 Å². The lowest BCUT2D eigenvalue weighted by Crippen LogP contribution is -2.16. The van der Waals surface area contributed by atoms with Crippen LogP contribution >= 0.6 is 11.3 Å². The zero-order valence-electron chi connectivity index (χ0n) is 11.1. The molecule has 0 atom stereocenters. The van der Waals surface area contributed by atoms with Gasteiger partial charge in [0.2, 0.25) is 0 Å². The van der Waals surface area contributed by atoms with Gasteiger partial charge in [0.25, 0.3) is 0 Å². The molecule has 1 heterocycles. The predicted molar refractivity (Wildman–Crippen MR) is 75.4 cm³/mol. The van der Waals surface area contributed by atoms with Crippen LogP contribution < -0.4 is 4.90 Å². The second-order valence-electron chi connectivity index (χ2n) is 4.45. The van der Waals surface area contributed by atoms with Crippen molar-refractivity contribution in [1.29, 1.82) is 0 Å². The van der Waals surface area contributed by atoms with Crippen molar-refractivity contribution < 1.29 is 9.18 Å². The van der Waals surface area contributed by atoms with Crippen molar-refractivity contribution >= 4 is 22.3 Å². The molecule has 19 heavy (non-hydrogen) atoms. The largest absolute Gasteiger partial charge is 0.347 e. The number of nitrogens with zero attached hydrogens (tertiary/aromatic N) is 2. The van der Waals surface area contributed by atoms with E-state index in [4.69, 9.17) is 0 Å². The van der Waals surface area contributed by atoms with E-state index in [1.807, 2.05) is 18.9 Å². The van der Waals surface area contributed by atoms with Crippen LogP contribution in [0.4, 0.5) is 9.52 Å². The molecule has 2 aromatic rings. The lowest BCUT2D eigenvalue weighted by atomic mass is 10.2. The van der Waals surface area contributed by atoms with Crippen LogP contribution in [0.1, 0.15) is 27.9 Å². The topological polar surface area (TPSA) is 33.2 Å². The van der Waals surface area contributed by atoms with Crippen LogP contribution in [0.2, 0.25) is 0 Å². The number of aryl methyl sites for hydroxylation is 1. The number of benzene rings is 1. The van der Waals surface area contributed by atoms with Crippen LogP contribution in [0.15, 0.2) is 24.3 Å². The molecule has 0 N–H and O–H groups in total. The van der Waals surface area contributed by atoms with E-state index >= 15 is 0 Å². The van der Waals surface area contributed by atoms with Crippen LogP contribution in [0.25, 0.3) is 0 Å². The van der Waals surface area contributed by atoms with Gasteiger partial charge < -0.3 is 4.90 Å². The Morgan fingerprint density at radius 1 is 1.37 bits per heavy atom. The lowest BCUT2D eigenvalue weighted by molar-refractivity contribution is 0.102. The van der Waals surface area contributed by atoms with Crippen LogP contribution in [-0.2, 0) is 6.54 Å². The third-order valence-corrected chi connectivity index (χ3v) is 4.14. The highest BCUT2D eigenvalue weighted by Gasteiger charge is 2.14. The Hall–Kier alpha value is -1.75. The summed E-state index contributed by atoms with van der Waals surface area (Å²) in [6.45, 7) is 4.01. The van der Waals surface area contributed by atoms with Gasteiger partial charge in [-0.15, -0.1) is 0 Å². The van der Waals surface area contributed by atoms with Crippen LogP contribution in [0.5, 0.6) is 0 Å². The highest BCUT2D eigenvalue weighted by molar-refractivity contribution is 7.17.